The second-order valence-corrected chi connectivity index (χ2v) is 7.25. The van der Waals surface area contributed by atoms with Gasteiger partial charge in [0.1, 0.15) is 5.41 Å². The Hall–Kier alpha value is -2.52. The number of hydrogen-bond acceptors (Lipinski definition) is 8. The standard InChI is InChI=1S/C20H28N2O7/c1-25-15-7-13(8-16(26-2)17(15)29-6-4-5-21)18(23)22-9-14-10-28-12-20(14,11-22)19(24)27-3/h7-8,14H,4-6,9-12,21H2,1-3H3/t14-,20-/m0/s1. The van der Waals surface area contributed by atoms with Crippen molar-refractivity contribution < 1.29 is 33.3 Å². The summed E-state index contributed by atoms with van der Waals surface area (Å²) >= 11 is 0. The van der Waals surface area contributed by atoms with Crippen molar-refractivity contribution in [2.75, 3.05) is 60.8 Å². The first-order valence-corrected chi connectivity index (χ1v) is 9.55. The van der Waals surface area contributed by atoms with Gasteiger partial charge in [-0.15, -0.1) is 0 Å². The normalized spacial score (nSPS) is 22.9. The van der Waals surface area contributed by atoms with E-state index in [0.29, 0.717) is 55.5 Å². The molecule has 0 saturated carbocycles. The lowest BCUT2D eigenvalue weighted by molar-refractivity contribution is -0.153. The fourth-order valence-electron chi connectivity index (χ4n) is 3.97. The van der Waals surface area contributed by atoms with E-state index in [1.165, 1.54) is 21.3 Å². The van der Waals surface area contributed by atoms with Crippen molar-refractivity contribution in [2.45, 2.75) is 6.42 Å². The third kappa shape index (κ3) is 3.84. The Morgan fingerprint density at radius 1 is 1.24 bits per heavy atom. The van der Waals surface area contributed by atoms with E-state index >= 15 is 0 Å². The van der Waals surface area contributed by atoms with Crippen molar-refractivity contribution in [1.82, 2.24) is 4.90 Å². The molecule has 0 spiro atoms. The Balaban J connectivity index is 1.85. The molecule has 2 fully saturated rings. The minimum atomic E-state index is -0.802. The molecule has 0 radical (unpaired) electrons. The van der Waals surface area contributed by atoms with Gasteiger partial charge in [-0.2, -0.15) is 0 Å². The monoisotopic (exact) mass is 408 g/mol. The number of nitrogens with zero attached hydrogens (tertiary/aromatic N) is 1. The van der Waals surface area contributed by atoms with E-state index in [-0.39, 0.29) is 30.9 Å². The molecule has 1 aromatic carbocycles. The van der Waals surface area contributed by atoms with Gasteiger partial charge in [-0.3, -0.25) is 9.59 Å². The van der Waals surface area contributed by atoms with Gasteiger partial charge >= 0.3 is 5.97 Å². The van der Waals surface area contributed by atoms with Crippen LogP contribution in [0.15, 0.2) is 12.1 Å². The fraction of sp³-hybridized carbons (Fsp3) is 0.600. The van der Waals surface area contributed by atoms with Crippen LogP contribution < -0.4 is 19.9 Å². The molecule has 9 heteroatoms. The molecule has 2 N–H and O–H groups in total. The van der Waals surface area contributed by atoms with Gasteiger partial charge in [-0.1, -0.05) is 0 Å². The number of hydrogen-bond donors (Lipinski definition) is 1. The number of likely N-dealkylation sites (tertiary alicyclic amines) is 1. The van der Waals surface area contributed by atoms with Gasteiger partial charge in [0.25, 0.3) is 5.91 Å². The van der Waals surface area contributed by atoms with Crippen LogP contribution in [0.2, 0.25) is 0 Å². The van der Waals surface area contributed by atoms with Crippen LogP contribution >= 0.6 is 0 Å². The molecule has 0 bridgehead atoms. The largest absolute Gasteiger partial charge is 0.493 e. The first-order chi connectivity index (χ1) is 14.0. The number of esters is 1. The summed E-state index contributed by atoms with van der Waals surface area (Å²) in [4.78, 5) is 27.3. The number of nitrogens with two attached hydrogens (primary N) is 1. The van der Waals surface area contributed by atoms with Crippen LogP contribution in [0.4, 0.5) is 0 Å². The number of fused-ring (bicyclic) bond motifs is 1. The molecule has 160 valence electrons. The van der Waals surface area contributed by atoms with Crippen molar-refractivity contribution in [1.29, 1.82) is 0 Å². The fourth-order valence-corrected chi connectivity index (χ4v) is 3.97. The summed E-state index contributed by atoms with van der Waals surface area (Å²) in [7, 11) is 4.36. The Labute approximate surface area is 170 Å². The number of carbonyl (C=O) groups is 2. The molecule has 1 aromatic rings. The van der Waals surface area contributed by atoms with Gasteiger partial charge in [0.05, 0.1) is 41.2 Å². The molecule has 2 aliphatic heterocycles. The van der Waals surface area contributed by atoms with Gasteiger partial charge in [0, 0.05) is 24.6 Å². The first kappa shape index (κ1) is 21.2. The first-order valence-electron chi connectivity index (χ1n) is 9.55. The topological polar surface area (TPSA) is 110 Å². The van der Waals surface area contributed by atoms with Crippen LogP contribution in [0.3, 0.4) is 0 Å². The lowest BCUT2D eigenvalue weighted by Crippen LogP contribution is -2.41. The summed E-state index contributed by atoms with van der Waals surface area (Å²) < 4.78 is 27.1. The zero-order valence-corrected chi connectivity index (χ0v) is 17.1. The van der Waals surface area contributed by atoms with Crippen molar-refractivity contribution in [3.8, 4) is 17.2 Å². The Morgan fingerprint density at radius 2 is 1.93 bits per heavy atom. The number of ether oxygens (including phenoxy) is 5. The molecule has 0 aromatic heterocycles. The van der Waals surface area contributed by atoms with E-state index in [0.717, 1.165) is 0 Å². The molecule has 2 aliphatic rings. The van der Waals surface area contributed by atoms with Gasteiger partial charge in [0.2, 0.25) is 5.75 Å². The van der Waals surface area contributed by atoms with E-state index < -0.39 is 5.41 Å². The smallest absolute Gasteiger partial charge is 0.316 e. The molecule has 2 heterocycles. The van der Waals surface area contributed by atoms with Crippen molar-refractivity contribution in [3.63, 3.8) is 0 Å². The van der Waals surface area contributed by atoms with Gasteiger partial charge in [-0.25, -0.2) is 0 Å². The summed E-state index contributed by atoms with van der Waals surface area (Å²) in [5.74, 6) is 0.589. The molecular formula is C20H28N2O7. The van der Waals surface area contributed by atoms with E-state index in [1.54, 1.807) is 17.0 Å². The van der Waals surface area contributed by atoms with Crippen LogP contribution in [-0.2, 0) is 14.3 Å². The maximum absolute atomic E-state index is 13.2. The molecule has 0 unspecified atom stereocenters. The Kier molecular flexibility index (Phi) is 6.49. The molecule has 0 aliphatic carbocycles. The zero-order valence-electron chi connectivity index (χ0n) is 17.1. The van der Waals surface area contributed by atoms with E-state index in [2.05, 4.69) is 0 Å². The van der Waals surface area contributed by atoms with Crippen LogP contribution in [0, 0.1) is 11.3 Å². The Morgan fingerprint density at radius 3 is 2.52 bits per heavy atom. The second-order valence-electron chi connectivity index (χ2n) is 7.25. The summed E-state index contributed by atoms with van der Waals surface area (Å²) in [6, 6.07) is 3.25. The van der Waals surface area contributed by atoms with Gasteiger partial charge in [0.15, 0.2) is 11.5 Å². The average Bonchev–Trinajstić information content (AvgIpc) is 3.31. The predicted octanol–water partition coefficient (Wildman–Crippen LogP) is 0.693. The molecule has 9 nitrogen and oxygen atoms in total. The maximum atomic E-state index is 13.2. The highest BCUT2D eigenvalue weighted by molar-refractivity contribution is 5.96. The average molecular weight is 408 g/mol. The summed E-state index contributed by atoms with van der Waals surface area (Å²) in [6.45, 7) is 2.28. The summed E-state index contributed by atoms with van der Waals surface area (Å²) in [6.07, 6.45) is 0.680. The number of amides is 1. The minimum absolute atomic E-state index is 0.0819. The van der Waals surface area contributed by atoms with Crippen molar-refractivity contribution in [2.24, 2.45) is 17.1 Å². The van der Waals surface area contributed by atoms with E-state index in [4.69, 9.17) is 29.4 Å². The third-order valence-corrected chi connectivity index (χ3v) is 5.56. The molecule has 3 rings (SSSR count). The SMILES string of the molecule is COC(=O)[C@@]12COC[C@@H]1CN(C(=O)c1cc(OC)c(OCCCN)c(OC)c1)C2. The van der Waals surface area contributed by atoms with E-state index in [9.17, 15) is 9.59 Å². The molecule has 1 amide bonds. The zero-order chi connectivity index (χ0) is 21.0. The summed E-state index contributed by atoms with van der Waals surface area (Å²) in [5, 5.41) is 0. The van der Waals surface area contributed by atoms with Crippen LogP contribution in [0.25, 0.3) is 0 Å². The molecular weight excluding hydrogens is 380 g/mol. The number of methoxy groups -OCH3 is 3. The Bertz CT molecular complexity index is 744. The van der Waals surface area contributed by atoms with Gasteiger partial charge < -0.3 is 34.3 Å². The molecule has 29 heavy (non-hydrogen) atoms. The van der Waals surface area contributed by atoms with Crippen LogP contribution in [0.5, 0.6) is 17.2 Å². The lowest BCUT2D eigenvalue weighted by Gasteiger charge is -2.24. The highest BCUT2D eigenvalue weighted by Crippen LogP contribution is 2.44. The predicted molar refractivity (Wildman–Crippen MR) is 103 cm³/mol. The van der Waals surface area contributed by atoms with Crippen LogP contribution in [-0.4, -0.2) is 77.6 Å². The van der Waals surface area contributed by atoms with E-state index in [1.807, 2.05) is 0 Å². The number of benzene rings is 1. The second kappa shape index (κ2) is 8.87. The van der Waals surface area contributed by atoms with Crippen LogP contribution in [0.1, 0.15) is 16.8 Å². The van der Waals surface area contributed by atoms with Crippen molar-refractivity contribution in [3.05, 3.63) is 17.7 Å². The maximum Gasteiger partial charge on any atom is 0.316 e. The third-order valence-electron chi connectivity index (χ3n) is 5.56. The molecule has 2 atom stereocenters. The van der Waals surface area contributed by atoms with Gasteiger partial charge in [-0.05, 0) is 25.1 Å². The minimum Gasteiger partial charge on any atom is -0.493 e. The highest BCUT2D eigenvalue weighted by Gasteiger charge is 2.57. The quantitative estimate of drug-likeness (QED) is 0.494. The lowest BCUT2D eigenvalue weighted by atomic mass is 9.81. The number of rotatable bonds is 8. The summed E-state index contributed by atoms with van der Waals surface area (Å²) in [5.41, 5.74) is 5.11. The number of carbonyl (C=O) groups excluding carboxylic acids is 2. The van der Waals surface area contributed by atoms with Crippen molar-refractivity contribution >= 4 is 11.9 Å². The molecule has 2 saturated heterocycles. The highest BCUT2D eigenvalue weighted by atomic mass is 16.5.